The summed E-state index contributed by atoms with van der Waals surface area (Å²) < 4.78 is 0. The van der Waals surface area contributed by atoms with E-state index in [0.29, 0.717) is 13.1 Å². The Morgan fingerprint density at radius 1 is 1.19 bits per heavy atom. The zero-order chi connectivity index (χ0) is 19.2. The van der Waals surface area contributed by atoms with Crippen molar-refractivity contribution >= 4 is 17.8 Å². The summed E-state index contributed by atoms with van der Waals surface area (Å²) in [7, 11) is 0. The molecule has 1 aromatic heterocycles. The first-order chi connectivity index (χ1) is 13.0. The molecule has 2 atom stereocenters. The minimum Gasteiger partial charge on any atom is -0.481 e. The Hall–Kier alpha value is -3.22. The van der Waals surface area contributed by atoms with Crippen LogP contribution in [0.15, 0.2) is 54.7 Å². The molecule has 140 valence electrons. The lowest BCUT2D eigenvalue weighted by atomic mass is 10.0. The largest absolute Gasteiger partial charge is 0.481 e. The van der Waals surface area contributed by atoms with Crippen LogP contribution in [0.4, 0.5) is 0 Å². The van der Waals surface area contributed by atoms with Crippen LogP contribution in [-0.2, 0) is 20.9 Å². The number of hydrogen-bond donors (Lipinski definition) is 2. The smallest absolute Gasteiger partial charge is 0.305 e. The fraction of sp³-hybridized carbons (Fsp3) is 0.300. The number of carboxylic acid groups (broad SMARTS) is 1. The highest BCUT2D eigenvalue weighted by atomic mass is 16.4. The summed E-state index contributed by atoms with van der Waals surface area (Å²) >= 11 is 0. The van der Waals surface area contributed by atoms with Crippen LogP contribution in [0.25, 0.3) is 0 Å². The number of carbonyl (C=O) groups excluding carboxylic acids is 2. The third kappa shape index (κ3) is 4.91. The Labute approximate surface area is 157 Å². The molecule has 7 nitrogen and oxygen atoms in total. The number of amides is 2. The molecule has 1 fully saturated rings. The van der Waals surface area contributed by atoms with Gasteiger partial charge in [0.2, 0.25) is 11.8 Å². The van der Waals surface area contributed by atoms with Crippen molar-refractivity contribution in [1.29, 1.82) is 0 Å². The lowest BCUT2D eigenvalue weighted by Crippen LogP contribution is -2.36. The summed E-state index contributed by atoms with van der Waals surface area (Å²) in [5.41, 5.74) is 1.49. The first-order valence-corrected chi connectivity index (χ1v) is 8.77. The molecule has 2 unspecified atom stereocenters. The van der Waals surface area contributed by atoms with Crippen molar-refractivity contribution in [3.05, 3.63) is 66.0 Å². The van der Waals surface area contributed by atoms with E-state index in [9.17, 15) is 14.4 Å². The Balaban J connectivity index is 1.64. The number of pyridine rings is 1. The molecule has 2 N–H and O–H groups in total. The third-order valence-corrected chi connectivity index (χ3v) is 4.56. The molecule has 2 heterocycles. The van der Waals surface area contributed by atoms with Gasteiger partial charge in [-0.05, 0) is 17.7 Å². The van der Waals surface area contributed by atoms with E-state index >= 15 is 0 Å². The van der Waals surface area contributed by atoms with Crippen molar-refractivity contribution in [2.75, 3.05) is 6.54 Å². The van der Waals surface area contributed by atoms with Gasteiger partial charge < -0.3 is 15.3 Å². The van der Waals surface area contributed by atoms with Crippen LogP contribution >= 0.6 is 0 Å². The normalized spacial score (nSPS) is 17.6. The second-order valence-corrected chi connectivity index (χ2v) is 6.57. The summed E-state index contributed by atoms with van der Waals surface area (Å²) in [4.78, 5) is 41.9. The predicted molar refractivity (Wildman–Crippen MR) is 97.3 cm³/mol. The number of benzene rings is 1. The van der Waals surface area contributed by atoms with Crippen LogP contribution in [0.1, 0.15) is 30.1 Å². The first kappa shape index (κ1) is 18.6. The molecule has 1 saturated heterocycles. The van der Waals surface area contributed by atoms with Crippen molar-refractivity contribution in [2.24, 2.45) is 5.92 Å². The number of hydrogen-bond acceptors (Lipinski definition) is 4. The lowest BCUT2D eigenvalue weighted by Gasteiger charge is -2.20. The fourth-order valence-corrected chi connectivity index (χ4v) is 3.19. The molecule has 7 heteroatoms. The Morgan fingerprint density at radius 3 is 2.59 bits per heavy atom. The van der Waals surface area contributed by atoms with Crippen LogP contribution in [0.5, 0.6) is 0 Å². The average molecular weight is 367 g/mol. The first-order valence-electron chi connectivity index (χ1n) is 8.77. The fourth-order valence-electron chi connectivity index (χ4n) is 3.19. The van der Waals surface area contributed by atoms with Gasteiger partial charge in [0.1, 0.15) is 0 Å². The quantitative estimate of drug-likeness (QED) is 0.777. The van der Waals surface area contributed by atoms with Gasteiger partial charge in [0.05, 0.1) is 30.6 Å². The summed E-state index contributed by atoms with van der Waals surface area (Å²) in [5.74, 6) is -1.90. The number of likely N-dealkylation sites (tertiary alicyclic amines) is 1. The van der Waals surface area contributed by atoms with E-state index in [1.807, 2.05) is 18.2 Å². The molecule has 2 amide bonds. The summed E-state index contributed by atoms with van der Waals surface area (Å²) in [6, 6.07) is 13.8. The van der Waals surface area contributed by atoms with Crippen LogP contribution in [0, 0.1) is 5.92 Å². The van der Waals surface area contributed by atoms with E-state index < -0.39 is 17.9 Å². The average Bonchev–Trinajstić information content (AvgIpc) is 3.03. The number of aromatic nitrogens is 1. The van der Waals surface area contributed by atoms with Crippen LogP contribution in [0.2, 0.25) is 0 Å². The topological polar surface area (TPSA) is 99.6 Å². The number of aliphatic carboxylic acids is 1. The molecule has 0 radical (unpaired) electrons. The van der Waals surface area contributed by atoms with E-state index in [0.717, 1.165) is 11.3 Å². The van der Waals surface area contributed by atoms with Crippen molar-refractivity contribution in [2.45, 2.75) is 25.4 Å². The van der Waals surface area contributed by atoms with Crippen molar-refractivity contribution < 1.29 is 19.5 Å². The maximum absolute atomic E-state index is 12.7. The van der Waals surface area contributed by atoms with E-state index in [4.69, 9.17) is 5.11 Å². The molecular formula is C20H21N3O4. The highest BCUT2D eigenvalue weighted by Crippen LogP contribution is 2.23. The van der Waals surface area contributed by atoms with Crippen LogP contribution in [0.3, 0.4) is 0 Å². The minimum atomic E-state index is -0.997. The van der Waals surface area contributed by atoms with Gasteiger partial charge in [0.25, 0.3) is 0 Å². The highest BCUT2D eigenvalue weighted by Gasteiger charge is 2.35. The van der Waals surface area contributed by atoms with Gasteiger partial charge >= 0.3 is 5.97 Å². The molecule has 0 saturated carbocycles. The SMILES string of the molecule is O=C(O)CC(NC(=O)C1CC(=O)N(Cc2ccccn2)C1)c1ccccc1. The lowest BCUT2D eigenvalue weighted by molar-refractivity contribution is -0.138. The van der Waals surface area contributed by atoms with Gasteiger partial charge in [0, 0.05) is 19.2 Å². The summed E-state index contributed by atoms with van der Waals surface area (Å²) in [6.45, 7) is 0.663. The molecule has 0 spiro atoms. The maximum Gasteiger partial charge on any atom is 0.305 e. The second kappa shape index (κ2) is 8.44. The molecule has 27 heavy (non-hydrogen) atoms. The van der Waals surface area contributed by atoms with Gasteiger partial charge in [-0.25, -0.2) is 0 Å². The van der Waals surface area contributed by atoms with Crippen LogP contribution < -0.4 is 5.32 Å². The van der Waals surface area contributed by atoms with Gasteiger partial charge in [0.15, 0.2) is 0 Å². The molecule has 0 aliphatic carbocycles. The van der Waals surface area contributed by atoms with Gasteiger partial charge in [-0.3, -0.25) is 19.4 Å². The number of nitrogens with zero attached hydrogens (tertiary/aromatic N) is 2. The van der Waals surface area contributed by atoms with Crippen molar-refractivity contribution in [1.82, 2.24) is 15.2 Å². The zero-order valence-electron chi connectivity index (χ0n) is 14.7. The summed E-state index contributed by atoms with van der Waals surface area (Å²) in [6.07, 6.45) is 1.57. The molecule has 0 bridgehead atoms. The molecule has 1 aliphatic heterocycles. The molecule has 1 aromatic carbocycles. The minimum absolute atomic E-state index is 0.102. The number of rotatable bonds is 7. The number of carbonyl (C=O) groups is 3. The zero-order valence-corrected chi connectivity index (χ0v) is 14.7. The number of carboxylic acids is 1. The van der Waals surface area contributed by atoms with E-state index in [1.54, 1.807) is 41.4 Å². The standard InChI is InChI=1S/C20H21N3O4/c24-18-10-15(12-23(18)13-16-8-4-5-9-21-16)20(27)22-17(11-19(25)26)14-6-2-1-3-7-14/h1-9,15,17H,10-13H2,(H,22,27)(H,25,26). The van der Waals surface area contributed by atoms with Gasteiger partial charge in [-0.15, -0.1) is 0 Å². The van der Waals surface area contributed by atoms with E-state index in [1.165, 1.54) is 0 Å². The highest BCUT2D eigenvalue weighted by molar-refractivity contribution is 5.89. The summed E-state index contributed by atoms with van der Waals surface area (Å²) in [5, 5.41) is 11.9. The van der Waals surface area contributed by atoms with Crippen molar-refractivity contribution in [3.8, 4) is 0 Å². The molecule has 3 rings (SSSR count). The monoisotopic (exact) mass is 367 g/mol. The van der Waals surface area contributed by atoms with Crippen LogP contribution in [-0.4, -0.2) is 39.3 Å². The third-order valence-electron chi connectivity index (χ3n) is 4.56. The second-order valence-electron chi connectivity index (χ2n) is 6.57. The molecule has 1 aliphatic rings. The van der Waals surface area contributed by atoms with Crippen molar-refractivity contribution in [3.63, 3.8) is 0 Å². The Morgan fingerprint density at radius 2 is 1.93 bits per heavy atom. The van der Waals surface area contributed by atoms with E-state index in [-0.39, 0.29) is 24.7 Å². The van der Waals surface area contributed by atoms with E-state index in [2.05, 4.69) is 10.3 Å². The maximum atomic E-state index is 12.7. The molecular weight excluding hydrogens is 346 g/mol. The molecule has 2 aromatic rings. The Kier molecular flexibility index (Phi) is 5.80. The predicted octanol–water partition coefficient (Wildman–Crippen LogP) is 1.76. The number of nitrogens with one attached hydrogen (secondary N) is 1. The van der Waals surface area contributed by atoms with Gasteiger partial charge in [-0.1, -0.05) is 36.4 Å². The Bertz CT molecular complexity index is 810. The van der Waals surface area contributed by atoms with Gasteiger partial charge in [-0.2, -0.15) is 0 Å².